The Morgan fingerprint density at radius 3 is 2.88 bits per heavy atom. The van der Waals surface area contributed by atoms with Gasteiger partial charge in [-0.15, -0.1) is 0 Å². The zero-order valence-electron chi connectivity index (χ0n) is 10.3. The summed E-state index contributed by atoms with van der Waals surface area (Å²) in [6.07, 6.45) is 4.41. The summed E-state index contributed by atoms with van der Waals surface area (Å²) in [5.74, 6) is 0.349. The van der Waals surface area contributed by atoms with E-state index in [1.54, 1.807) is 11.8 Å². The Morgan fingerprint density at radius 1 is 1.59 bits per heavy atom. The van der Waals surface area contributed by atoms with Crippen LogP contribution in [0.15, 0.2) is 0 Å². The van der Waals surface area contributed by atoms with E-state index in [2.05, 4.69) is 15.4 Å². The molecule has 1 aliphatic heterocycles. The zero-order chi connectivity index (χ0) is 12.7. The lowest BCUT2D eigenvalue weighted by Gasteiger charge is -2.18. The van der Waals surface area contributed by atoms with Crippen LogP contribution in [0.4, 0.5) is 0 Å². The van der Waals surface area contributed by atoms with E-state index >= 15 is 0 Å². The van der Waals surface area contributed by atoms with Crippen LogP contribution in [0.5, 0.6) is 0 Å². The number of carbonyl (C=O) groups excluding carboxylic acids is 2. The lowest BCUT2D eigenvalue weighted by molar-refractivity contribution is -0.145. The molecule has 0 bridgehead atoms. The fraction of sp³-hybridized carbons (Fsp3) is 0.818. The number of nitrogens with one attached hydrogen (secondary N) is 2. The number of hydrogen-bond donors (Lipinski definition) is 2. The summed E-state index contributed by atoms with van der Waals surface area (Å²) in [5, 5.41) is 5.86. The number of rotatable bonds is 6. The van der Waals surface area contributed by atoms with Crippen molar-refractivity contribution in [3.05, 3.63) is 0 Å². The molecule has 1 fully saturated rings. The number of esters is 1. The fourth-order valence-electron chi connectivity index (χ4n) is 1.81. The molecule has 5 nitrogen and oxygen atoms in total. The van der Waals surface area contributed by atoms with Gasteiger partial charge in [0.25, 0.3) is 0 Å². The van der Waals surface area contributed by atoms with E-state index in [1.807, 2.05) is 6.26 Å². The van der Waals surface area contributed by atoms with Crippen molar-refractivity contribution in [3.63, 3.8) is 0 Å². The SMILES string of the molecule is COC(=O)[C@H](CCSC)NC(=O)[C@@H]1CCCN1. The van der Waals surface area contributed by atoms with Crippen LogP contribution in [0.1, 0.15) is 19.3 Å². The molecule has 0 spiro atoms. The standard InChI is InChI=1S/C11H20N2O3S/c1-16-11(15)9(5-7-17-2)13-10(14)8-4-3-6-12-8/h8-9,12H,3-7H2,1-2H3,(H,13,14)/t8-,9-/m0/s1. The molecular weight excluding hydrogens is 240 g/mol. The molecular formula is C11H20N2O3S. The third kappa shape index (κ3) is 4.55. The van der Waals surface area contributed by atoms with E-state index in [9.17, 15) is 9.59 Å². The Bertz CT molecular complexity index is 267. The maximum atomic E-state index is 11.9. The van der Waals surface area contributed by atoms with Crippen molar-refractivity contribution >= 4 is 23.6 Å². The van der Waals surface area contributed by atoms with Crippen LogP contribution in [0.25, 0.3) is 0 Å². The molecule has 0 aromatic heterocycles. The average Bonchev–Trinajstić information content (AvgIpc) is 2.87. The highest BCUT2D eigenvalue weighted by atomic mass is 32.2. The highest BCUT2D eigenvalue weighted by Crippen LogP contribution is 2.07. The number of amides is 1. The van der Waals surface area contributed by atoms with Gasteiger partial charge in [0.1, 0.15) is 6.04 Å². The minimum absolute atomic E-state index is 0.0981. The molecule has 1 rings (SSSR count). The quantitative estimate of drug-likeness (QED) is 0.665. The summed E-state index contributed by atoms with van der Waals surface area (Å²) in [4.78, 5) is 23.4. The molecule has 0 aromatic rings. The van der Waals surface area contributed by atoms with Crippen molar-refractivity contribution in [1.29, 1.82) is 0 Å². The van der Waals surface area contributed by atoms with Gasteiger partial charge in [-0.05, 0) is 37.8 Å². The van der Waals surface area contributed by atoms with Crippen molar-refractivity contribution in [3.8, 4) is 0 Å². The number of carbonyl (C=O) groups is 2. The molecule has 1 heterocycles. The zero-order valence-corrected chi connectivity index (χ0v) is 11.1. The van der Waals surface area contributed by atoms with Gasteiger partial charge in [0, 0.05) is 0 Å². The molecule has 0 saturated carbocycles. The molecule has 1 saturated heterocycles. The smallest absolute Gasteiger partial charge is 0.328 e. The number of hydrogen-bond acceptors (Lipinski definition) is 5. The Hall–Kier alpha value is -0.750. The Morgan fingerprint density at radius 2 is 2.35 bits per heavy atom. The van der Waals surface area contributed by atoms with Crippen molar-refractivity contribution in [2.45, 2.75) is 31.3 Å². The minimum Gasteiger partial charge on any atom is -0.467 e. The third-order valence-electron chi connectivity index (χ3n) is 2.79. The summed E-state index contributed by atoms with van der Waals surface area (Å²) >= 11 is 1.64. The Labute approximate surface area is 106 Å². The number of thioether (sulfide) groups is 1. The summed E-state index contributed by atoms with van der Waals surface area (Å²) in [5.41, 5.74) is 0. The van der Waals surface area contributed by atoms with Crippen LogP contribution in [0.2, 0.25) is 0 Å². The molecule has 1 aliphatic rings. The molecule has 0 radical (unpaired) electrons. The normalized spacial score (nSPS) is 20.9. The third-order valence-corrected chi connectivity index (χ3v) is 3.43. The number of methoxy groups -OCH3 is 1. The van der Waals surface area contributed by atoms with Crippen molar-refractivity contribution in [1.82, 2.24) is 10.6 Å². The fourth-order valence-corrected chi connectivity index (χ4v) is 2.28. The summed E-state index contributed by atoms with van der Waals surface area (Å²) in [6.45, 7) is 0.867. The van der Waals surface area contributed by atoms with Gasteiger partial charge in [0.2, 0.25) is 5.91 Å². The van der Waals surface area contributed by atoms with Gasteiger partial charge >= 0.3 is 5.97 Å². The van der Waals surface area contributed by atoms with Gasteiger partial charge in [-0.3, -0.25) is 4.79 Å². The van der Waals surface area contributed by atoms with Crippen LogP contribution in [-0.4, -0.2) is 49.6 Å². The van der Waals surface area contributed by atoms with Gasteiger partial charge in [0.05, 0.1) is 13.2 Å². The summed E-state index contributed by atoms with van der Waals surface area (Å²) in [7, 11) is 1.34. The van der Waals surface area contributed by atoms with Crippen molar-refractivity contribution < 1.29 is 14.3 Å². The highest BCUT2D eigenvalue weighted by Gasteiger charge is 2.27. The monoisotopic (exact) mass is 260 g/mol. The average molecular weight is 260 g/mol. The second-order valence-electron chi connectivity index (χ2n) is 4.01. The van der Waals surface area contributed by atoms with Crippen molar-refractivity contribution in [2.75, 3.05) is 25.7 Å². The first-order valence-corrected chi connectivity index (χ1v) is 7.19. The summed E-state index contributed by atoms with van der Waals surface area (Å²) < 4.78 is 4.69. The predicted octanol–water partition coefficient (Wildman–Crippen LogP) is 0.149. The minimum atomic E-state index is -0.526. The molecule has 98 valence electrons. The molecule has 2 N–H and O–H groups in total. The first-order chi connectivity index (χ1) is 8.19. The van der Waals surface area contributed by atoms with E-state index < -0.39 is 6.04 Å². The molecule has 0 unspecified atom stereocenters. The molecule has 0 aliphatic carbocycles. The summed E-state index contributed by atoms with van der Waals surface area (Å²) in [6, 6.07) is -0.682. The van der Waals surface area contributed by atoms with E-state index in [1.165, 1.54) is 7.11 Å². The van der Waals surface area contributed by atoms with Crippen LogP contribution in [-0.2, 0) is 14.3 Å². The highest BCUT2D eigenvalue weighted by molar-refractivity contribution is 7.98. The second kappa shape index (κ2) is 7.55. The van der Waals surface area contributed by atoms with Crippen LogP contribution >= 0.6 is 11.8 Å². The second-order valence-corrected chi connectivity index (χ2v) is 5.00. The van der Waals surface area contributed by atoms with Crippen molar-refractivity contribution in [2.24, 2.45) is 0 Å². The van der Waals surface area contributed by atoms with Crippen LogP contribution in [0.3, 0.4) is 0 Å². The Balaban J connectivity index is 2.46. The van der Waals surface area contributed by atoms with Gasteiger partial charge in [-0.25, -0.2) is 4.79 Å². The number of ether oxygens (including phenoxy) is 1. The lowest BCUT2D eigenvalue weighted by Crippen LogP contribution is -2.48. The molecule has 6 heteroatoms. The van der Waals surface area contributed by atoms with E-state index in [4.69, 9.17) is 0 Å². The molecule has 0 aromatic carbocycles. The first kappa shape index (κ1) is 14.3. The predicted molar refractivity (Wildman–Crippen MR) is 68.0 cm³/mol. The molecule has 17 heavy (non-hydrogen) atoms. The van der Waals surface area contributed by atoms with Gasteiger partial charge in [-0.1, -0.05) is 0 Å². The maximum Gasteiger partial charge on any atom is 0.328 e. The van der Waals surface area contributed by atoms with E-state index in [-0.39, 0.29) is 17.9 Å². The van der Waals surface area contributed by atoms with Crippen LogP contribution < -0.4 is 10.6 Å². The van der Waals surface area contributed by atoms with Gasteiger partial charge in [0.15, 0.2) is 0 Å². The lowest BCUT2D eigenvalue weighted by atomic mass is 10.1. The van der Waals surface area contributed by atoms with E-state index in [0.29, 0.717) is 6.42 Å². The molecule has 1 amide bonds. The van der Waals surface area contributed by atoms with Crippen LogP contribution in [0, 0.1) is 0 Å². The topological polar surface area (TPSA) is 67.4 Å². The Kier molecular flexibility index (Phi) is 6.36. The van der Waals surface area contributed by atoms with Gasteiger partial charge < -0.3 is 15.4 Å². The van der Waals surface area contributed by atoms with E-state index in [0.717, 1.165) is 25.1 Å². The molecule has 2 atom stereocenters. The van der Waals surface area contributed by atoms with Gasteiger partial charge in [-0.2, -0.15) is 11.8 Å². The first-order valence-electron chi connectivity index (χ1n) is 5.79. The largest absolute Gasteiger partial charge is 0.467 e. The maximum absolute atomic E-state index is 11.9.